The van der Waals surface area contributed by atoms with Crippen LogP contribution in [0.5, 0.6) is 0 Å². The van der Waals surface area contributed by atoms with E-state index in [1.165, 1.54) is 11.1 Å². The van der Waals surface area contributed by atoms with Gasteiger partial charge in [0.2, 0.25) is 0 Å². The highest BCUT2D eigenvalue weighted by atomic mass is 16.8. The Morgan fingerprint density at radius 2 is 1.52 bits per heavy atom. The standard InChI is InChI=1S/C18H18O3/c1-19-17-12-16(18(20-2)21-17)15-10-6-9-14(11-15)13-7-4-3-5-8-13/h3-12,17-18H,1-2H3. The van der Waals surface area contributed by atoms with Crippen molar-refractivity contribution in [1.82, 2.24) is 0 Å². The van der Waals surface area contributed by atoms with E-state index in [1.54, 1.807) is 14.2 Å². The average molecular weight is 282 g/mol. The lowest BCUT2D eigenvalue weighted by molar-refractivity contribution is -0.170. The number of benzene rings is 2. The quantitative estimate of drug-likeness (QED) is 0.855. The average Bonchev–Trinajstić information content (AvgIpc) is 2.99. The van der Waals surface area contributed by atoms with E-state index >= 15 is 0 Å². The molecule has 21 heavy (non-hydrogen) atoms. The Balaban J connectivity index is 1.96. The van der Waals surface area contributed by atoms with Crippen molar-refractivity contribution < 1.29 is 14.2 Å². The number of methoxy groups -OCH3 is 2. The van der Waals surface area contributed by atoms with Crippen LogP contribution in [0.2, 0.25) is 0 Å². The van der Waals surface area contributed by atoms with Gasteiger partial charge >= 0.3 is 0 Å². The molecule has 0 saturated heterocycles. The zero-order chi connectivity index (χ0) is 14.7. The second kappa shape index (κ2) is 6.22. The van der Waals surface area contributed by atoms with E-state index in [0.29, 0.717) is 0 Å². The molecule has 2 aromatic rings. The molecule has 0 radical (unpaired) electrons. The number of hydrogen-bond donors (Lipinski definition) is 0. The second-order valence-corrected chi connectivity index (χ2v) is 4.88. The lowest BCUT2D eigenvalue weighted by Crippen LogP contribution is -2.16. The summed E-state index contributed by atoms with van der Waals surface area (Å²) < 4.78 is 16.3. The third kappa shape index (κ3) is 2.90. The van der Waals surface area contributed by atoms with Crippen molar-refractivity contribution in [3.05, 3.63) is 66.2 Å². The summed E-state index contributed by atoms with van der Waals surface area (Å²) >= 11 is 0. The first-order chi connectivity index (χ1) is 10.3. The van der Waals surface area contributed by atoms with Crippen LogP contribution < -0.4 is 0 Å². The molecule has 0 aliphatic carbocycles. The highest BCUT2D eigenvalue weighted by Crippen LogP contribution is 2.31. The van der Waals surface area contributed by atoms with Crippen LogP contribution in [0.4, 0.5) is 0 Å². The van der Waals surface area contributed by atoms with Crippen molar-refractivity contribution in [3.8, 4) is 11.1 Å². The van der Waals surface area contributed by atoms with Gasteiger partial charge in [-0.2, -0.15) is 0 Å². The summed E-state index contributed by atoms with van der Waals surface area (Å²) in [4.78, 5) is 0. The Morgan fingerprint density at radius 3 is 2.24 bits per heavy atom. The van der Waals surface area contributed by atoms with Gasteiger partial charge in [-0.15, -0.1) is 0 Å². The Morgan fingerprint density at radius 1 is 0.810 bits per heavy atom. The van der Waals surface area contributed by atoms with E-state index in [-0.39, 0.29) is 12.6 Å². The molecule has 0 amide bonds. The zero-order valence-corrected chi connectivity index (χ0v) is 12.2. The Bertz CT molecular complexity index is 634. The van der Waals surface area contributed by atoms with Crippen LogP contribution in [0, 0.1) is 0 Å². The highest BCUT2D eigenvalue weighted by Gasteiger charge is 2.27. The van der Waals surface area contributed by atoms with Crippen LogP contribution in [-0.4, -0.2) is 26.8 Å². The molecule has 0 N–H and O–H groups in total. The molecule has 2 unspecified atom stereocenters. The first kappa shape index (κ1) is 14.0. The largest absolute Gasteiger partial charge is 0.352 e. The summed E-state index contributed by atoms with van der Waals surface area (Å²) in [5, 5.41) is 0. The lowest BCUT2D eigenvalue weighted by atomic mass is 9.99. The Kier molecular flexibility index (Phi) is 4.15. The maximum Gasteiger partial charge on any atom is 0.187 e. The van der Waals surface area contributed by atoms with Crippen molar-refractivity contribution in [2.75, 3.05) is 14.2 Å². The predicted molar refractivity (Wildman–Crippen MR) is 82.5 cm³/mol. The molecular formula is C18H18O3. The van der Waals surface area contributed by atoms with Crippen molar-refractivity contribution >= 4 is 5.57 Å². The molecule has 0 saturated carbocycles. The topological polar surface area (TPSA) is 27.7 Å². The first-order valence-electron chi connectivity index (χ1n) is 6.90. The monoisotopic (exact) mass is 282 g/mol. The molecular weight excluding hydrogens is 264 g/mol. The highest BCUT2D eigenvalue weighted by molar-refractivity contribution is 5.75. The zero-order valence-electron chi connectivity index (χ0n) is 12.2. The van der Waals surface area contributed by atoms with Gasteiger partial charge in [-0.3, -0.25) is 0 Å². The van der Waals surface area contributed by atoms with Crippen LogP contribution in [0.1, 0.15) is 5.56 Å². The fourth-order valence-corrected chi connectivity index (χ4v) is 2.51. The Hall–Kier alpha value is -1.94. The minimum absolute atomic E-state index is 0.356. The minimum atomic E-state index is -0.388. The summed E-state index contributed by atoms with van der Waals surface area (Å²) in [7, 11) is 3.26. The van der Waals surface area contributed by atoms with E-state index < -0.39 is 0 Å². The van der Waals surface area contributed by atoms with Crippen molar-refractivity contribution in [2.24, 2.45) is 0 Å². The summed E-state index contributed by atoms with van der Waals surface area (Å²) in [6.07, 6.45) is 1.21. The number of hydrogen-bond acceptors (Lipinski definition) is 3. The van der Waals surface area contributed by atoms with Gasteiger partial charge in [-0.05, 0) is 28.8 Å². The van der Waals surface area contributed by atoms with Crippen molar-refractivity contribution in [2.45, 2.75) is 12.6 Å². The SMILES string of the molecule is COC1C=C(c2cccc(-c3ccccc3)c2)C(OC)O1. The molecule has 1 heterocycles. The molecule has 108 valence electrons. The first-order valence-corrected chi connectivity index (χ1v) is 6.90. The van der Waals surface area contributed by atoms with Gasteiger partial charge in [0.05, 0.1) is 0 Å². The van der Waals surface area contributed by atoms with E-state index in [2.05, 4.69) is 30.3 Å². The molecule has 3 rings (SSSR count). The van der Waals surface area contributed by atoms with Crippen molar-refractivity contribution in [1.29, 1.82) is 0 Å². The number of ether oxygens (including phenoxy) is 3. The van der Waals surface area contributed by atoms with Gasteiger partial charge < -0.3 is 14.2 Å². The molecule has 3 nitrogen and oxygen atoms in total. The fraction of sp³-hybridized carbons (Fsp3) is 0.222. The maximum absolute atomic E-state index is 5.64. The van der Waals surface area contributed by atoms with Gasteiger partial charge in [0.15, 0.2) is 12.6 Å². The molecule has 1 aliphatic rings. The lowest BCUT2D eigenvalue weighted by Gasteiger charge is -2.15. The van der Waals surface area contributed by atoms with Crippen LogP contribution in [0.25, 0.3) is 16.7 Å². The summed E-state index contributed by atoms with van der Waals surface area (Å²) in [5.74, 6) is 0. The van der Waals surface area contributed by atoms with Crippen LogP contribution in [-0.2, 0) is 14.2 Å². The van der Waals surface area contributed by atoms with E-state index in [1.807, 2.05) is 30.3 Å². The molecule has 2 atom stereocenters. The minimum Gasteiger partial charge on any atom is -0.352 e. The Labute approximate surface area is 124 Å². The van der Waals surface area contributed by atoms with Gasteiger partial charge in [-0.1, -0.05) is 48.5 Å². The van der Waals surface area contributed by atoms with E-state index in [4.69, 9.17) is 14.2 Å². The smallest absolute Gasteiger partial charge is 0.187 e. The predicted octanol–water partition coefficient (Wildman–Crippen LogP) is 3.71. The van der Waals surface area contributed by atoms with Crippen molar-refractivity contribution in [3.63, 3.8) is 0 Å². The summed E-state index contributed by atoms with van der Waals surface area (Å²) in [6.45, 7) is 0. The molecule has 1 aliphatic heterocycles. The van der Waals surface area contributed by atoms with Gasteiger partial charge in [0, 0.05) is 19.8 Å². The van der Waals surface area contributed by atoms with Gasteiger partial charge in [0.1, 0.15) is 0 Å². The maximum atomic E-state index is 5.64. The third-order valence-electron chi connectivity index (χ3n) is 3.58. The third-order valence-corrected chi connectivity index (χ3v) is 3.58. The number of rotatable bonds is 4. The fourth-order valence-electron chi connectivity index (χ4n) is 2.51. The van der Waals surface area contributed by atoms with E-state index in [0.717, 1.165) is 11.1 Å². The van der Waals surface area contributed by atoms with Gasteiger partial charge in [0.25, 0.3) is 0 Å². The normalized spacial score (nSPS) is 21.3. The van der Waals surface area contributed by atoms with Crippen LogP contribution in [0.3, 0.4) is 0 Å². The summed E-state index contributed by atoms with van der Waals surface area (Å²) in [5.41, 5.74) is 4.45. The molecule has 0 aromatic heterocycles. The summed E-state index contributed by atoms with van der Waals surface area (Å²) in [6, 6.07) is 18.7. The van der Waals surface area contributed by atoms with Crippen LogP contribution >= 0.6 is 0 Å². The van der Waals surface area contributed by atoms with Gasteiger partial charge in [-0.25, -0.2) is 0 Å². The van der Waals surface area contributed by atoms with Crippen LogP contribution in [0.15, 0.2) is 60.7 Å². The molecule has 2 aromatic carbocycles. The molecule has 0 bridgehead atoms. The molecule has 0 spiro atoms. The second-order valence-electron chi connectivity index (χ2n) is 4.88. The molecule has 3 heteroatoms. The van der Waals surface area contributed by atoms with E-state index in [9.17, 15) is 0 Å². The molecule has 0 fully saturated rings.